The van der Waals surface area contributed by atoms with Gasteiger partial charge in [0.1, 0.15) is 0 Å². The molecule has 1 saturated heterocycles. The Bertz CT molecular complexity index is 694. The van der Waals surface area contributed by atoms with Crippen molar-refractivity contribution in [3.05, 3.63) is 59.4 Å². The van der Waals surface area contributed by atoms with E-state index in [9.17, 15) is 0 Å². The predicted octanol–water partition coefficient (Wildman–Crippen LogP) is 3.83. The predicted molar refractivity (Wildman–Crippen MR) is 105 cm³/mol. The number of piperidine rings is 1. The summed E-state index contributed by atoms with van der Waals surface area (Å²) in [5.41, 5.74) is 6.06. The third-order valence-electron chi connectivity index (χ3n) is 4.74. The molecule has 0 aliphatic carbocycles. The van der Waals surface area contributed by atoms with Crippen molar-refractivity contribution in [1.29, 1.82) is 0 Å². The number of hydrogen-bond acceptors (Lipinski definition) is 4. The van der Waals surface area contributed by atoms with Crippen molar-refractivity contribution in [1.82, 2.24) is 9.88 Å². The van der Waals surface area contributed by atoms with E-state index >= 15 is 0 Å². The van der Waals surface area contributed by atoms with Crippen molar-refractivity contribution < 1.29 is 0 Å². The minimum atomic E-state index is 0.868. The zero-order valence-corrected chi connectivity index (χ0v) is 15.6. The van der Waals surface area contributed by atoms with E-state index in [-0.39, 0.29) is 0 Å². The van der Waals surface area contributed by atoms with Crippen molar-refractivity contribution in [3.63, 3.8) is 0 Å². The minimum Gasteiger partial charge on any atom is -0.306 e. The molecule has 2 heterocycles. The Morgan fingerprint density at radius 3 is 2.40 bits per heavy atom. The molecular weight excluding hydrogens is 308 g/mol. The molecule has 1 aromatic heterocycles. The molecule has 1 aliphatic rings. The Hall–Kier alpha value is -2.20. The summed E-state index contributed by atoms with van der Waals surface area (Å²) in [5, 5.41) is 7.17. The van der Waals surface area contributed by atoms with Gasteiger partial charge < -0.3 is 4.90 Å². The summed E-state index contributed by atoms with van der Waals surface area (Å²) in [6, 6.07) is 12.9. The first-order chi connectivity index (χ1) is 12.1. The fourth-order valence-corrected chi connectivity index (χ4v) is 2.98. The van der Waals surface area contributed by atoms with Gasteiger partial charge in [-0.1, -0.05) is 23.8 Å². The molecule has 3 rings (SSSR count). The van der Waals surface area contributed by atoms with Gasteiger partial charge in [-0.25, -0.2) is 0 Å². The largest absolute Gasteiger partial charge is 0.306 e. The van der Waals surface area contributed by atoms with Gasteiger partial charge in [0, 0.05) is 50.1 Å². The lowest BCUT2D eigenvalue weighted by Gasteiger charge is -2.26. The maximum atomic E-state index is 5.01. The van der Waals surface area contributed by atoms with Crippen LogP contribution < -0.4 is 5.01 Å². The summed E-state index contributed by atoms with van der Waals surface area (Å²) >= 11 is 0. The summed E-state index contributed by atoms with van der Waals surface area (Å²) < 4.78 is 0. The molecule has 0 radical (unpaired) electrons. The SMILES string of the molecule is Cc1ccc(N(CCc2ccc(C)nc2)N=C2CCN(C)CC2)cc1. The van der Waals surface area contributed by atoms with E-state index < -0.39 is 0 Å². The molecule has 0 spiro atoms. The number of benzene rings is 1. The van der Waals surface area contributed by atoms with Crippen LogP contribution in [0.1, 0.15) is 29.7 Å². The van der Waals surface area contributed by atoms with Crippen LogP contribution in [0.25, 0.3) is 0 Å². The number of aromatic nitrogens is 1. The molecule has 25 heavy (non-hydrogen) atoms. The molecule has 1 aromatic carbocycles. The number of nitrogens with zero attached hydrogens (tertiary/aromatic N) is 4. The van der Waals surface area contributed by atoms with Gasteiger partial charge in [-0.15, -0.1) is 0 Å². The van der Waals surface area contributed by atoms with Crippen molar-refractivity contribution in [3.8, 4) is 0 Å². The summed E-state index contributed by atoms with van der Waals surface area (Å²) in [5.74, 6) is 0. The smallest absolute Gasteiger partial charge is 0.0594 e. The second-order valence-corrected chi connectivity index (χ2v) is 6.99. The Balaban J connectivity index is 1.75. The van der Waals surface area contributed by atoms with E-state index in [4.69, 9.17) is 5.10 Å². The van der Waals surface area contributed by atoms with E-state index in [1.807, 2.05) is 13.1 Å². The maximum Gasteiger partial charge on any atom is 0.0594 e. The van der Waals surface area contributed by atoms with Gasteiger partial charge in [-0.3, -0.25) is 9.99 Å². The Kier molecular flexibility index (Phi) is 5.82. The molecule has 2 aromatic rings. The van der Waals surface area contributed by atoms with Crippen LogP contribution in [0.15, 0.2) is 47.7 Å². The average molecular weight is 336 g/mol. The van der Waals surface area contributed by atoms with Crippen LogP contribution in [0.2, 0.25) is 0 Å². The monoisotopic (exact) mass is 336 g/mol. The third kappa shape index (κ3) is 5.13. The van der Waals surface area contributed by atoms with Crippen LogP contribution in [-0.2, 0) is 6.42 Å². The fraction of sp³-hybridized carbons (Fsp3) is 0.429. The van der Waals surface area contributed by atoms with Crippen LogP contribution in [0, 0.1) is 13.8 Å². The topological polar surface area (TPSA) is 31.7 Å². The molecular formula is C21H28N4. The lowest BCUT2D eigenvalue weighted by Crippen LogP contribution is -2.32. The number of hydrazone groups is 1. The zero-order chi connectivity index (χ0) is 17.6. The highest BCUT2D eigenvalue weighted by atomic mass is 15.5. The summed E-state index contributed by atoms with van der Waals surface area (Å²) in [4.78, 5) is 6.77. The van der Waals surface area contributed by atoms with Crippen LogP contribution in [0.3, 0.4) is 0 Å². The number of anilines is 1. The second-order valence-electron chi connectivity index (χ2n) is 6.99. The van der Waals surface area contributed by atoms with Gasteiger partial charge in [-0.2, -0.15) is 5.10 Å². The molecule has 0 bridgehead atoms. The van der Waals surface area contributed by atoms with E-state index in [0.717, 1.165) is 50.3 Å². The van der Waals surface area contributed by atoms with Crippen molar-refractivity contribution in [2.24, 2.45) is 5.10 Å². The molecule has 0 atom stereocenters. The van der Waals surface area contributed by atoms with E-state index in [2.05, 4.69) is 65.3 Å². The summed E-state index contributed by atoms with van der Waals surface area (Å²) in [7, 11) is 2.18. The first kappa shape index (κ1) is 17.6. The van der Waals surface area contributed by atoms with Gasteiger partial charge in [0.25, 0.3) is 0 Å². The number of rotatable bonds is 5. The average Bonchev–Trinajstić information content (AvgIpc) is 2.62. The van der Waals surface area contributed by atoms with E-state index in [1.165, 1.54) is 16.8 Å². The first-order valence-corrected chi connectivity index (χ1v) is 9.11. The van der Waals surface area contributed by atoms with E-state index in [0.29, 0.717) is 0 Å². The molecule has 1 aliphatic heterocycles. The van der Waals surface area contributed by atoms with Gasteiger partial charge in [0.2, 0.25) is 0 Å². The number of likely N-dealkylation sites (tertiary alicyclic amines) is 1. The third-order valence-corrected chi connectivity index (χ3v) is 4.74. The van der Waals surface area contributed by atoms with Gasteiger partial charge >= 0.3 is 0 Å². The molecule has 0 amide bonds. The molecule has 132 valence electrons. The minimum absolute atomic E-state index is 0.868. The fourth-order valence-electron chi connectivity index (χ4n) is 2.98. The Labute approximate surface area is 151 Å². The lowest BCUT2D eigenvalue weighted by atomic mass is 10.1. The number of aryl methyl sites for hydroxylation is 2. The zero-order valence-electron chi connectivity index (χ0n) is 15.6. The van der Waals surface area contributed by atoms with E-state index in [1.54, 1.807) is 0 Å². The number of pyridine rings is 1. The molecule has 1 fully saturated rings. The maximum absolute atomic E-state index is 5.01. The Morgan fingerprint density at radius 2 is 1.76 bits per heavy atom. The van der Waals surface area contributed by atoms with Crippen molar-refractivity contribution in [2.45, 2.75) is 33.1 Å². The molecule has 0 N–H and O–H groups in total. The van der Waals surface area contributed by atoms with Gasteiger partial charge in [0.15, 0.2) is 0 Å². The van der Waals surface area contributed by atoms with Crippen LogP contribution in [0.4, 0.5) is 5.69 Å². The lowest BCUT2D eigenvalue weighted by molar-refractivity contribution is 0.335. The van der Waals surface area contributed by atoms with Crippen molar-refractivity contribution >= 4 is 11.4 Å². The van der Waals surface area contributed by atoms with Gasteiger partial charge in [0.05, 0.1) is 5.69 Å². The normalized spacial score (nSPS) is 15.2. The molecule has 4 heteroatoms. The highest BCUT2D eigenvalue weighted by Gasteiger charge is 2.14. The quantitative estimate of drug-likeness (QED) is 0.778. The highest BCUT2D eigenvalue weighted by molar-refractivity contribution is 5.86. The standard InChI is InChI=1S/C21H28N4/c1-17-4-8-21(9-5-17)25(23-20-11-13-24(3)14-12-20)15-10-19-7-6-18(2)22-16-19/h4-9,16H,10-15H2,1-3H3. The number of hydrogen-bond donors (Lipinski definition) is 0. The van der Waals surface area contributed by atoms with Crippen LogP contribution >= 0.6 is 0 Å². The summed E-state index contributed by atoms with van der Waals surface area (Å²) in [6.07, 6.45) is 5.04. The van der Waals surface area contributed by atoms with Crippen LogP contribution in [-0.4, -0.2) is 42.3 Å². The van der Waals surface area contributed by atoms with Crippen molar-refractivity contribution in [2.75, 3.05) is 31.7 Å². The molecule has 4 nitrogen and oxygen atoms in total. The molecule has 0 unspecified atom stereocenters. The second kappa shape index (κ2) is 8.26. The summed E-state index contributed by atoms with van der Waals surface area (Å²) in [6.45, 7) is 7.21. The Morgan fingerprint density at radius 1 is 1.04 bits per heavy atom. The first-order valence-electron chi connectivity index (χ1n) is 9.11. The molecule has 0 saturated carbocycles. The van der Waals surface area contributed by atoms with Crippen LogP contribution in [0.5, 0.6) is 0 Å². The van der Waals surface area contributed by atoms with Gasteiger partial charge in [-0.05, 0) is 51.1 Å². The highest BCUT2D eigenvalue weighted by Crippen LogP contribution is 2.18.